The van der Waals surface area contributed by atoms with E-state index >= 15 is 0 Å². The molecule has 0 aliphatic carbocycles. The number of carbonyl (C=O) groups is 1. The van der Waals surface area contributed by atoms with Crippen molar-refractivity contribution in [1.29, 1.82) is 0 Å². The number of amides is 1. The van der Waals surface area contributed by atoms with E-state index < -0.39 is 4.92 Å². The zero-order chi connectivity index (χ0) is 17.3. The Bertz CT molecular complexity index is 975. The van der Waals surface area contributed by atoms with Crippen molar-refractivity contribution < 1.29 is 9.72 Å². The monoisotopic (exact) mass is 404 g/mol. The minimum atomic E-state index is -0.590. The summed E-state index contributed by atoms with van der Waals surface area (Å²) in [6, 6.07) is 15.1. The molecule has 0 aliphatic heterocycles. The number of rotatable bonds is 3. The maximum absolute atomic E-state index is 12.6. The highest BCUT2D eigenvalue weighted by atomic mass is 79.9. The molecule has 0 bridgehead atoms. The minimum Gasteiger partial charge on any atom is -0.322 e. The first-order valence-electron chi connectivity index (χ1n) is 6.90. The molecule has 0 saturated carbocycles. The Balaban J connectivity index is 1.98. The molecule has 3 rings (SSSR count). The Morgan fingerprint density at radius 2 is 1.79 bits per heavy atom. The number of hydrogen-bond acceptors (Lipinski definition) is 3. The van der Waals surface area contributed by atoms with Crippen LogP contribution in [0.5, 0.6) is 0 Å². The summed E-state index contributed by atoms with van der Waals surface area (Å²) in [5.41, 5.74) is 0.532. The topological polar surface area (TPSA) is 72.2 Å². The van der Waals surface area contributed by atoms with Crippen molar-refractivity contribution in [3.05, 3.63) is 79.8 Å². The molecule has 0 aliphatic rings. The van der Waals surface area contributed by atoms with Crippen LogP contribution in [0.4, 0.5) is 11.4 Å². The van der Waals surface area contributed by atoms with Gasteiger partial charge in [-0.25, -0.2) is 0 Å². The van der Waals surface area contributed by atoms with Gasteiger partial charge in [0.1, 0.15) is 5.02 Å². The van der Waals surface area contributed by atoms with Crippen LogP contribution in [0.15, 0.2) is 59.1 Å². The van der Waals surface area contributed by atoms with Gasteiger partial charge in [-0.3, -0.25) is 14.9 Å². The second kappa shape index (κ2) is 6.59. The number of carbonyl (C=O) groups excluding carboxylic acids is 1. The van der Waals surface area contributed by atoms with Crippen molar-refractivity contribution in [3.63, 3.8) is 0 Å². The van der Waals surface area contributed by atoms with Gasteiger partial charge in [0.05, 0.1) is 4.92 Å². The van der Waals surface area contributed by atoms with Crippen LogP contribution in [0.25, 0.3) is 10.8 Å². The van der Waals surface area contributed by atoms with E-state index in [9.17, 15) is 14.9 Å². The fraction of sp³-hybridized carbons (Fsp3) is 0. The highest BCUT2D eigenvalue weighted by Gasteiger charge is 2.16. The third-order valence-corrected chi connectivity index (χ3v) is 4.53. The molecule has 1 amide bonds. The smallest absolute Gasteiger partial charge is 0.289 e. The second-order valence-electron chi connectivity index (χ2n) is 5.02. The lowest BCUT2D eigenvalue weighted by atomic mass is 10.0. The van der Waals surface area contributed by atoms with Crippen molar-refractivity contribution in [2.24, 2.45) is 0 Å². The van der Waals surface area contributed by atoms with Crippen LogP contribution in [0.1, 0.15) is 10.4 Å². The van der Waals surface area contributed by atoms with Crippen LogP contribution in [-0.4, -0.2) is 10.8 Å². The Kier molecular flexibility index (Phi) is 4.51. The average Bonchev–Trinajstić information content (AvgIpc) is 2.56. The zero-order valence-electron chi connectivity index (χ0n) is 12.1. The minimum absolute atomic E-state index is 0.0205. The van der Waals surface area contributed by atoms with Gasteiger partial charge in [-0.05, 0) is 35.0 Å². The van der Waals surface area contributed by atoms with Gasteiger partial charge in [-0.2, -0.15) is 0 Å². The molecule has 0 unspecified atom stereocenters. The zero-order valence-corrected chi connectivity index (χ0v) is 14.5. The number of benzene rings is 3. The first-order valence-corrected chi connectivity index (χ1v) is 8.07. The van der Waals surface area contributed by atoms with Crippen LogP contribution in [0, 0.1) is 10.1 Å². The van der Waals surface area contributed by atoms with Crippen molar-refractivity contribution in [3.8, 4) is 0 Å². The molecule has 0 fully saturated rings. The first-order chi connectivity index (χ1) is 11.5. The number of nitro benzene ring substituents is 1. The van der Waals surface area contributed by atoms with E-state index in [4.69, 9.17) is 11.6 Å². The van der Waals surface area contributed by atoms with E-state index in [1.807, 2.05) is 24.3 Å². The molecule has 3 aromatic carbocycles. The van der Waals surface area contributed by atoms with E-state index in [0.717, 1.165) is 15.2 Å². The van der Waals surface area contributed by atoms with Gasteiger partial charge in [0.2, 0.25) is 0 Å². The van der Waals surface area contributed by atoms with E-state index in [-0.39, 0.29) is 16.6 Å². The van der Waals surface area contributed by atoms with E-state index in [0.29, 0.717) is 11.3 Å². The highest BCUT2D eigenvalue weighted by Crippen LogP contribution is 2.29. The van der Waals surface area contributed by atoms with Gasteiger partial charge in [0.15, 0.2) is 0 Å². The molecule has 7 heteroatoms. The second-order valence-corrected chi connectivity index (χ2v) is 6.28. The van der Waals surface area contributed by atoms with Gasteiger partial charge in [-0.15, -0.1) is 0 Å². The fourth-order valence-electron chi connectivity index (χ4n) is 2.40. The van der Waals surface area contributed by atoms with Gasteiger partial charge in [-0.1, -0.05) is 51.8 Å². The molecule has 5 nitrogen and oxygen atoms in total. The molecular weight excluding hydrogens is 396 g/mol. The van der Waals surface area contributed by atoms with Crippen molar-refractivity contribution >= 4 is 55.6 Å². The molecule has 0 saturated heterocycles. The van der Waals surface area contributed by atoms with Crippen LogP contribution in [0.3, 0.4) is 0 Å². The summed E-state index contributed by atoms with van der Waals surface area (Å²) in [7, 11) is 0. The molecular formula is C17H10BrClN2O3. The number of halogens is 2. The van der Waals surface area contributed by atoms with Crippen molar-refractivity contribution in [1.82, 2.24) is 0 Å². The number of nitrogens with one attached hydrogen (secondary N) is 1. The first kappa shape index (κ1) is 16.4. The average molecular weight is 406 g/mol. The standard InChI is InChI=1S/C17H10BrClN2O3/c18-14-6-2-3-11-12(14)4-1-5-13(11)17(22)20-10-7-8-15(19)16(9-10)21(23)24/h1-9H,(H,20,22). The lowest BCUT2D eigenvalue weighted by Gasteiger charge is -2.09. The third kappa shape index (κ3) is 3.11. The summed E-state index contributed by atoms with van der Waals surface area (Å²) in [4.78, 5) is 22.9. The Hall–Kier alpha value is -2.44. The lowest BCUT2D eigenvalue weighted by Crippen LogP contribution is -2.12. The number of fused-ring (bicyclic) bond motifs is 1. The predicted molar refractivity (Wildman–Crippen MR) is 97.7 cm³/mol. The predicted octanol–water partition coefficient (Wildman–Crippen LogP) is 5.42. The van der Waals surface area contributed by atoms with Gasteiger partial charge >= 0.3 is 0 Å². The van der Waals surface area contributed by atoms with Gasteiger partial charge in [0, 0.05) is 21.8 Å². The Morgan fingerprint density at radius 3 is 2.54 bits per heavy atom. The molecule has 0 aromatic heterocycles. The van der Waals surface area contributed by atoms with Crippen LogP contribution >= 0.6 is 27.5 Å². The van der Waals surface area contributed by atoms with Crippen LogP contribution in [0.2, 0.25) is 5.02 Å². The molecule has 0 radical (unpaired) electrons. The van der Waals surface area contributed by atoms with Crippen molar-refractivity contribution in [2.75, 3.05) is 5.32 Å². The van der Waals surface area contributed by atoms with E-state index in [2.05, 4.69) is 21.2 Å². The largest absolute Gasteiger partial charge is 0.322 e. The van der Waals surface area contributed by atoms with E-state index in [1.54, 1.807) is 12.1 Å². The lowest BCUT2D eigenvalue weighted by molar-refractivity contribution is -0.384. The molecule has 0 heterocycles. The maximum Gasteiger partial charge on any atom is 0.289 e. The van der Waals surface area contributed by atoms with E-state index in [1.165, 1.54) is 18.2 Å². The maximum atomic E-state index is 12.6. The third-order valence-electron chi connectivity index (χ3n) is 3.51. The Labute approximate surface area is 150 Å². The summed E-state index contributed by atoms with van der Waals surface area (Å²) in [6.45, 7) is 0. The molecule has 1 N–H and O–H groups in total. The summed E-state index contributed by atoms with van der Waals surface area (Å²) in [5, 5.41) is 15.3. The Morgan fingerprint density at radius 1 is 1.08 bits per heavy atom. The number of nitro groups is 1. The van der Waals surface area contributed by atoms with Crippen molar-refractivity contribution in [2.45, 2.75) is 0 Å². The molecule has 0 atom stereocenters. The molecule has 0 spiro atoms. The summed E-state index contributed by atoms with van der Waals surface area (Å²) in [6.07, 6.45) is 0. The molecule has 120 valence electrons. The summed E-state index contributed by atoms with van der Waals surface area (Å²) < 4.78 is 0.886. The quantitative estimate of drug-likeness (QED) is 0.467. The van der Waals surface area contributed by atoms with Crippen LogP contribution in [-0.2, 0) is 0 Å². The number of nitrogens with zero attached hydrogens (tertiary/aromatic N) is 1. The van der Waals surface area contributed by atoms with Crippen LogP contribution < -0.4 is 5.32 Å². The highest BCUT2D eigenvalue weighted by molar-refractivity contribution is 9.10. The summed E-state index contributed by atoms with van der Waals surface area (Å²) >= 11 is 9.24. The normalized spacial score (nSPS) is 10.6. The van der Waals surface area contributed by atoms with Gasteiger partial charge < -0.3 is 5.32 Å². The fourth-order valence-corrected chi connectivity index (χ4v) is 3.08. The summed E-state index contributed by atoms with van der Waals surface area (Å²) in [5.74, 6) is -0.352. The molecule has 24 heavy (non-hydrogen) atoms. The van der Waals surface area contributed by atoms with Gasteiger partial charge in [0.25, 0.3) is 11.6 Å². The molecule has 3 aromatic rings. The number of anilines is 1. The SMILES string of the molecule is O=C(Nc1ccc(Cl)c([N+](=O)[O-])c1)c1cccc2c(Br)cccc12. The number of hydrogen-bond donors (Lipinski definition) is 1.